The number of halogens is 3. The van der Waals surface area contributed by atoms with E-state index in [0.29, 0.717) is 34.7 Å². The molecule has 1 aliphatic heterocycles. The summed E-state index contributed by atoms with van der Waals surface area (Å²) in [6.45, 7) is 2.07. The average Bonchev–Trinajstić information content (AvgIpc) is 3.13. The fourth-order valence-electron chi connectivity index (χ4n) is 3.51. The summed E-state index contributed by atoms with van der Waals surface area (Å²) in [5, 5.41) is 1.76. The molecule has 7 nitrogen and oxygen atoms in total. The minimum atomic E-state index is -0.629. The van der Waals surface area contributed by atoms with Crippen molar-refractivity contribution in [3.63, 3.8) is 0 Å². The molecule has 196 valence electrons. The van der Waals surface area contributed by atoms with Gasteiger partial charge in [0, 0.05) is 5.69 Å². The van der Waals surface area contributed by atoms with E-state index in [4.69, 9.17) is 21.1 Å². The number of hydrogen-bond donors (Lipinski definition) is 1. The van der Waals surface area contributed by atoms with Crippen LogP contribution in [0.25, 0.3) is 6.08 Å². The highest BCUT2D eigenvalue weighted by molar-refractivity contribution is 9.10. The monoisotopic (exact) mass is 618 g/mol. The first-order valence-corrected chi connectivity index (χ1v) is 13.4. The Bertz CT molecular complexity index is 1420. The van der Waals surface area contributed by atoms with Gasteiger partial charge in [-0.1, -0.05) is 41.9 Å². The molecule has 1 saturated heterocycles. The lowest BCUT2D eigenvalue weighted by Gasteiger charge is -2.15. The second kappa shape index (κ2) is 12.5. The Hall–Kier alpha value is -3.34. The van der Waals surface area contributed by atoms with Gasteiger partial charge in [0.05, 0.1) is 21.0 Å². The molecule has 1 heterocycles. The zero-order chi connectivity index (χ0) is 27.2. The molecular formula is C27H21BrClFN2O5S. The van der Waals surface area contributed by atoms with Gasteiger partial charge < -0.3 is 14.8 Å². The van der Waals surface area contributed by atoms with Crippen molar-refractivity contribution in [3.8, 4) is 11.5 Å². The maximum Gasteiger partial charge on any atom is 0.294 e. The van der Waals surface area contributed by atoms with E-state index in [1.165, 1.54) is 12.1 Å². The van der Waals surface area contributed by atoms with E-state index in [0.717, 1.165) is 28.3 Å². The number of carbonyl (C=O) groups excluding carboxylic acids is 3. The van der Waals surface area contributed by atoms with E-state index in [1.807, 2.05) is 37.3 Å². The van der Waals surface area contributed by atoms with Crippen LogP contribution in [0.4, 0.5) is 14.9 Å². The number of imide groups is 1. The molecule has 38 heavy (non-hydrogen) atoms. The third-order valence-corrected chi connectivity index (χ3v) is 7.02. The van der Waals surface area contributed by atoms with Crippen LogP contribution < -0.4 is 14.8 Å². The third-order valence-electron chi connectivity index (χ3n) is 5.23. The Balaban J connectivity index is 1.48. The fourth-order valence-corrected chi connectivity index (χ4v) is 5.10. The van der Waals surface area contributed by atoms with Crippen molar-refractivity contribution in [2.45, 2.75) is 13.5 Å². The summed E-state index contributed by atoms with van der Waals surface area (Å²) < 4.78 is 25.7. The van der Waals surface area contributed by atoms with Crippen LogP contribution in [0.15, 0.2) is 70.0 Å². The van der Waals surface area contributed by atoms with Crippen LogP contribution in [0.1, 0.15) is 18.1 Å². The highest BCUT2D eigenvalue weighted by Crippen LogP contribution is 2.39. The number of amides is 3. The highest BCUT2D eigenvalue weighted by Gasteiger charge is 2.36. The van der Waals surface area contributed by atoms with Crippen LogP contribution in [-0.4, -0.2) is 35.1 Å². The van der Waals surface area contributed by atoms with Gasteiger partial charge in [-0.3, -0.25) is 19.3 Å². The van der Waals surface area contributed by atoms with Crippen molar-refractivity contribution in [2.24, 2.45) is 0 Å². The van der Waals surface area contributed by atoms with Gasteiger partial charge in [-0.05, 0) is 82.2 Å². The van der Waals surface area contributed by atoms with Crippen molar-refractivity contribution < 1.29 is 28.2 Å². The predicted molar refractivity (Wildman–Crippen MR) is 149 cm³/mol. The van der Waals surface area contributed by atoms with Crippen molar-refractivity contribution in [3.05, 3.63) is 92.0 Å². The lowest BCUT2D eigenvalue weighted by Crippen LogP contribution is -2.36. The maximum atomic E-state index is 13.3. The van der Waals surface area contributed by atoms with E-state index in [9.17, 15) is 18.8 Å². The standard InChI is InChI=1S/C27H21BrClFN2O5S/c1-2-36-22-11-17(10-19(28)25(22)37-15-16-6-4-3-5-7-16)12-23-26(34)32(27(35)38-23)14-24(33)31-18-8-9-21(30)20(29)13-18/h3-13H,2,14-15H2,1H3,(H,31,33)/b23-12+. The smallest absolute Gasteiger partial charge is 0.294 e. The first-order chi connectivity index (χ1) is 18.2. The van der Waals surface area contributed by atoms with Crippen molar-refractivity contribution in [1.82, 2.24) is 4.90 Å². The number of benzene rings is 3. The lowest BCUT2D eigenvalue weighted by atomic mass is 10.1. The maximum absolute atomic E-state index is 13.3. The number of rotatable bonds is 9. The molecule has 3 aromatic carbocycles. The first-order valence-electron chi connectivity index (χ1n) is 11.4. The second-order valence-electron chi connectivity index (χ2n) is 7.98. The summed E-state index contributed by atoms with van der Waals surface area (Å²) in [5.74, 6) is -0.877. The number of carbonyl (C=O) groups is 3. The second-order valence-corrected chi connectivity index (χ2v) is 10.2. The molecule has 0 atom stereocenters. The molecule has 0 unspecified atom stereocenters. The number of nitrogens with zero attached hydrogens (tertiary/aromatic N) is 1. The number of thioether (sulfide) groups is 1. The molecule has 11 heteroatoms. The van der Waals surface area contributed by atoms with Crippen LogP contribution in [0.3, 0.4) is 0 Å². The summed E-state index contributed by atoms with van der Waals surface area (Å²) in [4.78, 5) is 38.8. The molecule has 0 aliphatic carbocycles. The topological polar surface area (TPSA) is 84.9 Å². The molecule has 0 spiro atoms. The van der Waals surface area contributed by atoms with Gasteiger partial charge in [0.15, 0.2) is 11.5 Å². The van der Waals surface area contributed by atoms with Gasteiger partial charge in [0.25, 0.3) is 11.1 Å². The Labute approximate surface area is 236 Å². The first kappa shape index (κ1) is 27.7. The molecule has 3 amide bonds. The van der Waals surface area contributed by atoms with Gasteiger partial charge in [0.2, 0.25) is 5.91 Å². The summed E-state index contributed by atoms with van der Waals surface area (Å²) in [5.41, 5.74) is 1.83. The quantitative estimate of drug-likeness (QED) is 0.263. The highest BCUT2D eigenvalue weighted by atomic mass is 79.9. The minimum Gasteiger partial charge on any atom is -0.490 e. The Kier molecular flexibility index (Phi) is 9.09. The van der Waals surface area contributed by atoms with Crippen LogP contribution >= 0.6 is 39.3 Å². The molecule has 1 aliphatic rings. The average molecular weight is 620 g/mol. The summed E-state index contributed by atoms with van der Waals surface area (Å²) in [6, 6.07) is 16.8. The number of hydrogen-bond acceptors (Lipinski definition) is 6. The van der Waals surface area contributed by atoms with Crippen LogP contribution in [-0.2, 0) is 16.2 Å². The van der Waals surface area contributed by atoms with Gasteiger partial charge in [0.1, 0.15) is 19.0 Å². The lowest BCUT2D eigenvalue weighted by molar-refractivity contribution is -0.127. The summed E-state index contributed by atoms with van der Waals surface area (Å²) >= 11 is 9.97. The van der Waals surface area contributed by atoms with E-state index in [2.05, 4.69) is 21.2 Å². The Morgan fingerprint density at radius 1 is 1.13 bits per heavy atom. The number of ether oxygens (including phenoxy) is 2. The Morgan fingerprint density at radius 2 is 1.89 bits per heavy atom. The molecular weight excluding hydrogens is 599 g/mol. The van der Waals surface area contributed by atoms with E-state index < -0.39 is 29.4 Å². The van der Waals surface area contributed by atoms with Gasteiger partial charge in [-0.15, -0.1) is 0 Å². The molecule has 0 bridgehead atoms. The number of nitrogens with one attached hydrogen (secondary N) is 1. The minimum absolute atomic E-state index is 0.153. The van der Waals surface area contributed by atoms with Gasteiger partial charge in [-0.2, -0.15) is 0 Å². The van der Waals surface area contributed by atoms with Crippen molar-refractivity contribution in [2.75, 3.05) is 18.5 Å². The molecule has 0 radical (unpaired) electrons. The molecule has 4 rings (SSSR count). The zero-order valence-corrected chi connectivity index (χ0v) is 23.2. The summed E-state index contributed by atoms with van der Waals surface area (Å²) in [6.07, 6.45) is 1.55. The van der Waals surface area contributed by atoms with Crippen molar-refractivity contribution >= 4 is 68.1 Å². The van der Waals surface area contributed by atoms with Crippen LogP contribution in [0, 0.1) is 5.82 Å². The summed E-state index contributed by atoms with van der Waals surface area (Å²) in [7, 11) is 0. The van der Waals surface area contributed by atoms with Gasteiger partial charge >= 0.3 is 0 Å². The number of anilines is 1. The molecule has 1 fully saturated rings. The predicted octanol–water partition coefficient (Wildman–Crippen LogP) is 6.89. The van der Waals surface area contributed by atoms with Crippen LogP contribution in [0.2, 0.25) is 5.02 Å². The Morgan fingerprint density at radius 3 is 2.61 bits per heavy atom. The van der Waals surface area contributed by atoms with E-state index >= 15 is 0 Å². The molecule has 0 aromatic heterocycles. The van der Waals surface area contributed by atoms with Crippen molar-refractivity contribution in [1.29, 1.82) is 0 Å². The van der Waals surface area contributed by atoms with E-state index in [-0.39, 0.29) is 15.6 Å². The normalized spacial score (nSPS) is 14.2. The fraction of sp³-hybridized carbons (Fsp3) is 0.148. The SMILES string of the molecule is CCOc1cc(/C=C2/SC(=O)N(CC(=O)Nc3ccc(F)c(Cl)c3)C2=O)cc(Br)c1OCc1ccccc1. The van der Waals surface area contributed by atoms with Crippen LogP contribution in [0.5, 0.6) is 11.5 Å². The molecule has 1 N–H and O–H groups in total. The third kappa shape index (κ3) is 6.75. The largest absolute Gasteiger partial charge is 0.490 e. The zero-order valence-electron chi connectivity index (χ0n) is 20.0. The molecule has 3 aromatic rings. The molecule has 0 saturated carbocycles. The van der Waals surface area contributed by atoms with Gasteiger partial charge in [-0.25, -0.2) is 4.39 Å². The van der Waals surface area contributed by atoms with E-state index in [1.54, 1.807) is 18.2 Å².